The molecule has 2 aromatic rings. The Labute approximate surface area is 161 Å². The highest BCUT2D eigenvalue weighted by Crippen LogP contribution is 2.15. The lowest BCUT2D eigenvalue weighted by atomic mass is 10.2. The van der Waals surface area contributed by atoms with Gasteiger partial charge in [-0.2, -0.15) is 0 Å². The predicted octanol–water partition coefficient (Wildman–Crippen LogP) is 2.31. The van der Waals surface area contributed by atoms with Crippen LogP contribution in [0, 0.1) is 0 Å². The molecule has 6 nitrogen and oxygen atoms in total. The zero-order chi connectivity index (χ0) is 18.4. The van der Waals surface area contributed by atoms with Crippen LogP contribution in [0.25, 0.3) is 0 Å². The fourth-order valence-corrected chi connectivity index (χ4v) is 3.18. The van der Waals surface area contributed by atoms with E-state index in [0.717, 1.165) is 23.2 Å². The van der Waals surface area contributed by atoms with Gasteiger partial charge in [-0.05, 0) is 36.4 Å². The van der Waals surface area contributed by atoms with E-state index in [0.29, 0.717) is 31.6 Å². The molecular formula is C19H21BrN4O2. The second-order valence-corrected chi connectivity index (χ2v) is 7.00. The van der Waals surface area contributed by atoms with Gasteiger partial charge in [0, 0.05) is 67.3 Å². The number of aromatic nitrogens is 1. The third kappa shape index (κ3) is 4.82. The van der Waals surface area contributed by atoms with Crippen LogP contribution >= 0.6 is 15.9 Å². The zero-order valence-electron chi connectivity index (χ0n) is 14.4. The molecule has 0 atom stereocenters. The molecule has 0 spiro atoms. The first-order valence-corrected chi connectivity index (χ1v) is 9.39. The van der Waals surface area contributed by atoms with Gasteiger partial charge in [0.15, 0.2) is 0 Å². The number of anilines is 1. The van der Waals surface area contributed by atoms with Crippen molar-refractivity contribution in [3.63, 3.8) is 0 Å². The van der Waals surface area contributed by atoms with Crippen molar-refractivity contribution in [1.82, 2.24) is 15.2 Å². The Hall–Kier alpha value is -2.41. The molecule has 0 saturated carbocycles. The van der Waals surface area contributed by atoms with Crippen LogP contribution in [0.15, 0.2) is 53.3 Å². The van der Waals surface area contributed by atoms with E-state index >= 15 is 0 Å². The standard InChI is InChI=1S/C19H21BrN4O2/c20-16-3-1-15(2-4-16)19(26)22-10-7-18(25)24-13-11-23(12-14-24)17-5-8-21-9-6-17/h1-6,8-9H,7,10-14H2,(H,22,26). The van der Waals surface area contributed by atoms with Crippen LogP contribution in [0.1, 0.15) is 16.8 Å². The van der Waals surface area contributed by atoms with Gasteiger partial charge < -0.3 is 15.1 Å². The van der Waals surface area contributed by atoms with E-state index in [2.05, 4.69) is 31.1 Å². The molecular weight excluding hydrogens is 396 g/mol. The molecule has 1 aliphatic rings. The number of halogens is 1. The molecule has 1 aromatic carbocycles. The van der Waals surface area contributed by atoms with Gasteiger partial charge in [-0.15, -0.1) is 0 Å². The van der Waals surface area contributed by atoms with Crippen LogP contribution in [0.2, 0.25) is 0 Å². The largest absolute Gasteiger partial charge is 0.368 e. The molecule has 1 fully saturated rings. The number of nitrogens with one attached hydrogen (secondary N) is 1. The second kappa shape index (κ2) is 8.80. The smallest absolute Gasteiger partial charge is 0.251 e. The van der Waals surface area contributed by atoms with Crippen LogP contribution in [-0.2, 0) is 4.79 Å². The Kier molecular flexibility index (Phi) is 6.22. The highest BCUT2D eigenvalue weighted by atomic mass is 79.9. The highest BCUT2D eigenvalue weighted by Gasteiger charge is 2.21. The monoisotopic (exact) mass is 416 g/mol. The Morgan fingerprint density at radius 3 is 2.31 bits per heavy atom. The fourth-order valence-electron chi connectivity index (χ4n) is 2.91. The first-order chi connectivity index (χ1) is 12.6. The minimum absolute atomic E-state index is 0.0792. The SMILES string of the molecule is O=C(NCCC(=O)N1CCN(c2ccncc2)CC1)c1ccc(Br)cc1. The number of nitrogens with zero attached hydrogens (tertiary/aromatic N) is 3. The van der Waals surface area contributed by atoms with Crippen molar-refractivity contribution >= 4 is 33.4 Å². The maximum Gasteiger partial charge on any atom is 0.251 e. The number of carbonyl (C=O) groups excluding carboxylic acids is 2. The van der Waals surface area contributed by atoms with Crippen LogP contribution in [0.5, 0.6) is 0 Å². The number of hydrogen-bond acceptors (Lipinski definition) is 4. The number of piperazine rings is 1. The van der Waals surface area contributed by atoms with Gasteiger partial charge in [0.25, 0.3) is 5.91 Å². The van der Waals surface area contributed by atoms with E-state index < -0.39 is 0 Å². The van der Waals surface area contributed by atoms with Gasteiger partial charge in [-0.25, -0.2) is 0 Å². The number of pyridine rings is 1. The van der Waals surface area contributed by atoms with Crippen LogP contribution < -0.4 is 10.2 Å². The number of benzene rings is 1. The fraction of sp³-hybridized carbons (Fsp3) is 0.316. The van der Waals surface area contributed by atoms with E-state index in [1.807, 2.05) is 29.2 Å². The molecule has 0 unspecified atom stereocenters. The lowest BCUT2D eigenvalue weighted by Gasteiger charge is -2.36. The summed E-state index contributed by atoms with van der Waals surface area (Å²) in [4.78, 5) is 32.5. The van der Waals surface area contributed by atoms with Gasteiger partial charge in [-0.3, -0.25) is 14.6 Å². The highest BCUT2D eigenvalue weighted by molar-refractivity contribution is 9.10. The number of hydrogen-bond donors (Lipinski definition) is 1. The van der Waals surface area contributed by atoms with Crippen LogP contribution in [0.4, 0.5) is 5.69 Å². The topological polar surface area (TPSA) is 65.5 Å². The van der Waals surface area contributed by atoms with Gasteiger partial charge in [0.2, 0.25) is 5.91 Å². The Balaban J connectivity index is 1.40. The third-order valence-electron chi connectivity index (χ3n) is 4.39. The van der Waals surface area contributed by atoms with Crippen LogP contribution in [-0.4, -0.2) is 54.4 Å². The second-order valence-electron chi connectivity index (χ2n) is 6.09. The van der Waals surface area contributed by atoms with Crippen molar-refractivity contribution in [2.24, 2.45) is 0 Å². The Bertz CT molecular complexity index is 744. The molecule has 2 amide bonds. The average Bonchev–Trinajstić information content (AvgIpc) is 2.69. The summed E-state index contributed by atoms with van der Waals surface area (Å²) in [5.74, 6) is -0.0803. The quantitative estimate of drug-likeness (QED) is 0.811. The van der Waals surface area contributed by atoms with Crippen molar-refractivity contribution in [2.75, 3.05) is 37.6 Å². The predicted molar refractivity (Wildman–Crippen MR) is 104 cm³/mol. The Morgan fingerprint density at radius 2 is 1.65 bits per heavy atom. The molecule has 136 valence electrons. The number of carbonyl (C=O) groups is 2. The zero-order valence-corrected chi connectivity index (χ0v) is 16.0. The maximum absolute atomic E-state index is 12.3. The van der Waals surface area contributed by atoms with Crippen molar-refractivity contribution in [3.05, 3.63) is 58.8 Å². The summed E-state index contributed by atoms with van der Waals surface area (Å²) < 4.78 is 0.926. The number of rotatable bonds is 5. The molecule has 1 aromatic heterocycles. The first kappa shape index (κ1) is 18.4. The number of amides is 2. The molecule has 1 N–H and O–H groups in total. The summed E-state index contributed by atoms with van der Waals surface area (Å²) in [5.41, 5.74) is 1.72. The summed E-state index contributed by atoms with van der Waals surface area (Å²) in [5, 5.41) is 2.80. The Morgan fingerprint density at radius 1 is 1.00 bits per heavy atom. The first-order valence-electron chi connectivity index (χ1n) is 8.60. The summed E-state index contributed by atoms with van der Waals surface area (Å²) >= 11 is 3.34. The molecule has 0 radical (unpaired) electrons. The molecule has 7 heteroatoms. The molecule has 0 bridgehead atoms. The summed E-state index contributed by atoms with van der Waals surface area (Å²) in [6.07, 6.45) is 3.87. The van der Waals surface area contributed by atoms with Gasteiger partial charge >= 0.3 is 0 Å². The summed E-state index contributed by atoms with van der Waals surface area (Å²) in [6.45, 7) is 3.35. The third-order valence-corrected chi connectivity index (χ3v) is 4.92. The molecule has 1 saturated heterocycles. The van der Waals surface area contributed by atoms with Gasteiger partial charge in [-0.1, -0.05) is 15.9 Å². The normalized spacial score (nSPS) is 14.2. The van der Waals surface area contributed by atoms with Crippen molar-refractivity contribution in [3.8, 4) is 0 Å². The minimum Gasteiger partial charge on any atom is -0.368 e. The van der Waals surface area contributed by atoms with Crippen molar-refractivity contribution in [1.29, 1.82) is 0 Å². The van der Waals surface area contributed by atoms with E-state index in [4.69, 9.17) is 0 Å². The average molecular weight is 417 g/mol. The van der Waals surface area contributed by atoms with Gasteiger partial charge in [0.05, 0.1) is 0 Å². The van der Waals surface area contributed by atoms with E-state index in [9.17, 15) is 9.59 Å². The molecule has 2 heterocycles. The summed E-state index contributed by atoms with van der Waals surface area (Å²) in [6, 6.07) is 11.1. The molecule has 3 rings (SSSR count). The van der Waals surface area contributed by atoms with E-state index in [1.54, 1.807) is 24.5 Å². The maximum atomic E-state index is 12.3. The summed E-state index contributed by atoms with van der Waals surface area (Å²) in [7, 11) is 0. The minimum atomic E-state index is -0.159. The van der Waals surface area contributed by atoms with Crippen molar-refractivity contribution < 1.29 is 9.59 Å². The lowest BCUT2D eigenvalue weighted by Crippen LogP contribution is -2.49. The van der Waals surface area contributed by atoms with E-state index in [1.165, 1.54) is 0 Å². The molecule has 0 aliphatic carbocycles. The van der Waals surface area contributed by atoms with Gasteiger partial charge in [0.1, 0.15) is 0 Å². The van der Waals surface area contributed by atoms with Crippen LogP contribution in [0.3, 0.4) is 0 Å². The molecule has 26 heavy (non-hydrogen) atoms. The van der Waals surface area contributed by atoms with E-state index in [-0.39, 0.29) is 11.8 Å². The lowest BCUT2D eigenvalue weighted by molar-refractivity contribution is -0.131. The van der Waals surface area contributed by atoms with Crippen molar-refractivity contribution in [2.45, 2.75) is 6.42 Å². The molecule has 1 aliphatic heterocycles.